The van der Waals surface area contributed by atoms with Gasteiger partial charge in [-0.25, -0.2) is 9.97 Å². The van der Waals surface area contributed by atoms with Gasteiger partial charge < -0.3 is 26.7 Å². The number of nitrogen functional groups attached to an aromatic ring is 1. The molecule has 1 amide bonds. The highest BCUT2D eigenvalue weighted by Gasteiger charge is 2.24. The highest BCUT2D eigenvalue weighted by atomic mass is 35.5. The number of aromatic nitrogens is 3. The number of carbonyl (C=O) groups is 1. The van der Waals surface area contributed by atoms with Crippen LogP contribution in [0.5, 0.6) is 0 Å². The van der Waals surface area contributed by atoms with Crippen molar-refractivity contribution in [2.24, 2.45) is 5.73 Å². The smallest absolute Gasteiger partial charge is 0.252 e. The number of para-hydroxylation sites is 1. The van der Waals surface area contributed by atoms with Gasteiger partial charge in [0.05, 0.1) is 33.9 Å². The van der Waals surface area contributed by atoms with E-state index in [2.05, 4.69) is 43.1 Å². The summed E-state index contributed by atoms with van der Waals surface area (Å²) >= 11 is 6.31. The van der Waals surface area contributed by atoms with E-state index >= 15 is 0 Å². The molecule has 0 aliphatic carbocycles. The molecule has 1 aliphatic heterocycles. The van der Waals surface area contributed by atoms with Crippen molar-refractivity contribution in [1.29, 1.82) is 0 Å². The second kappa shape index (κ2) is 10.3. The van der Waals surface area contributed by atoms with Crippen LogP contribution in [0, 0.1) is 18.8 Å². The number of hydrogen-bond donors (Lipinski definition) is 4. The summed E-state index contributed by atoms with van der Waals surface area (Å²) in [4.78, 5) is 26.9. The summed E-state index contributed by atoms with van der Waals surface area (Å²) in [5.41, 5.74) is 17.7. The Morgan fingerprint density at radius 3 is 2.62 bits per heavy atom. The van der Waals surface area contributed by atoms with E-state index in [4.69, 9.17) is 23.1 Å². The van der Waals surface area contributed by atoms with Crippen LogP contribution in [-0.2, 0) is 0 Å². The Morgan fingerprint density at radius 1 is 1.08 bits per heavy atom. The molecule has 0 radical (unpaired) electrons. The lowest BCUT2D eigenvalue weighted by Gasteiger charge is -2.30. The molecular formula is C28H26ClN7O. The van der Waals surface area contributed by atoms with Gasteiger partial charge >= 0.3 is 0 Å². The fraction of sp³-hybridized carbons (Fsp3) is 0.179. The molecule has 0 spiro atoms. The molecule has 186 valence electrons. The van der Waals surface area contributed by atoms with Crippen LogP contribution < -0.4 is 21.7 Å². The second-order valence-corrected chi connectivity index (χ2v) is 9.19. The van der Waals surface area contributed by atoms with Gasteiger partial charge in [-0.3, -0.25) is 4.79 Å². The predicted molar refractivity (Wildman–Crippen MR) is 147 cm³/mol. The van der Waals surface area contributed by atoms with Crippen molar-refractivity contribution in [3.63, 3.8) is 0 Å². The molecule has 3 heterocycles. The zero-order valence-corrected chi connectivity index (χ0v) is 21.1. The van der Waals surface area contributed by atoms with E-state index in [1.807, 2.05) is 31.2 Å². The molecule has 37 heavy (non-hydrogen) atoms. The monoisotopic (exact) mass is 511 g/mol. The number of amides is 1. The fourth-order valence-corrected chi connectivity index (χ4v) is 4.70. The fourth-order valence-electron chi connectivity index (χ4n) is 4.53. The Labute approximate surface area is 220 Å². The molecule has 8 nitrogen and oxygen atoms in total. The molecule has 1 fully saturated rings. The average molecular weight is 512 g/mol. The number of hydrogen-bond acceptors (Lipinski definition) is 6. The first-order valence-corrected chi connectivity index (χ1v) is 12.3. The van der Waals surface area contributed by atoms with Crippen LogP contribution in [0.4, 0.5) is 11.6 Å². The third kappa shape index (κ3) is 5.00. The van der Waals surface area contributed by atoms with Crippen LogP contribution in [0.1, 0.15) is 27.0 Å². The molecule has 2 aromatic carbocycles. The molecule has 0 bridgehead atoms. The SMILES string of the molecule is Cc1ccc(Cl)cc1-c1[nH]c(-c2ccnc(N)n2)c(C#Cc2ccccc2N2CCNCC2)c1C(N)=O. The Balaban J connectivity index is 1.73. The molecule has 0 saturated carbocycles. The first-order chi connectivity index (χ1) is 17.9. The summed E-state index contributed by atoms with van der Waals surface area (Å²) in [6.07, 6.45) is 1.56. The Morgan fingerprint density at radius 2 is 1.86 bits per heavy atom. The number of H-pyrrole nitrogens is 1. The minimum atomic E-state index is -0.612. The highest BCUT2D eigenvalue weighted by molar-refractivity contribution is 6.31. The molecule has 0 unspecified atom stereocenters. The maximum absolute atomic E-state index is 12.9. The topological polar surface area (TPSA) is 126 Å². The zero-order valence-electron chi connectivity index (χ0n) is 20.3. The molecule has 4 aromatic rings. The van der Waals surface area contributed by atoms with Gasteiger partial charge in [-0.2, -0.15) is 0 Å². The molecule has 5 rings (SSSR count). The number of rotatable bonds is 4. The second-order valence-electron chi connectivity index (χ2n) is 8.75. The number of piperazine rings is 1. The summed E-state index contributed by atoms with van der Waals surface area (Å²) in [6.45, 7) is 5.53. The summed E-state index contributed by atoms with van der Waals surface area (Å²) in [6, 6.07) is 15.2. The van der Waals surface area contributed by atoms with Crippen LogP contribution >= 0.6 is 11.6 Å². The first-order valence-electron chi connectivity index (χ1n) is 11.9. The van der Waals surface area contributed by atoms with Crippen LogP contribution in [-0.4, -0.2) is 47.0 Å². The third-order valence-corrected chi connectivity index (χ3v) is 6.56. The van der Waals surface area contributed by atoms with Crippen LogP contribution in [0.3, 0.4) is 0 Å². The summed E-state index contributed by atoms with van der Waals surface area (Å²) in [5.74, 6) is 6.03. The van der Waals surface area contributed by atoms with Crippen molar-refractivity contribution in [3.05, 3.63) is 82.0 Å². The van der Waals surface area contributed by atoms with E-state index in [9.17, 15) is 4.79 Å². The Hall–Kier alpha value is -4.32. The number of carbonyl (C=O) groups excluding carboxylic acids is 1. The van der Waals surface area contributed by atoms with Gasteiger partial charge in [0.2, 0.25) is 5.95 Å². The average Bonchev–Trinajstić information content (AvgIpc) is 3.29. The van der Waals surface area contributed by atoms with Crippen LogP contribution in [0.15, 0.2) is 54.7 Å². The van der Waals surface area contributed by atoms with E-state index < -0.39 is 5.91 Å². The largest absolute Gasteiger partial charge is 0.368 e. The number of nitrogens with one attached hydrogen (secondary N) is 2. The molecule has 1 aliphatic rings. The highest BCUT2D eigenvalue weighted by Crippen LogP contribution is 2.35. The number of benzene rings is 2. The van der Waals surface area contributed by atoms with Crippen molar-refractivity contribution in [2.75, 3.05) is 36.8 Å². The van der Waals surface area contributed by atoms with Gasteiger partial charge in [0.15, 0.2) is 0 Å². The molecule has 9 heteroatoms. The third-order valence-electron chi connectivity index (χ3n) is 6.33. The maximum atomic E-state index is 12.9. The number of aromatic amines is 1. The number of anilines is 2. The van der Waals surface area contributed by atoms with Gasteiger partial charge in [0, 0.05) is 48.5 Å². The van der Waals surface area contributed by atoms with Gasteiger partial charge in [-0.05, 0) is 42.8 Å². The van der Waals surface area contributed by atoms with Gasteiger partial charge in [-0.1, -0.05) is 41.6 Å². The lowest BCUT2D eigenvalue weighted by molar-refractivity contribution is 0.100. The van der Waals surface area contributed by atoms with Crippen molar-refractivity contribution in [2.45, 2.75) is 6.92 Å². The Bertz CT molecular complexity index is 1540. The zero-order chi connectivity index (χ0) is 25.9. The van der Waals surface area contributed by atoms with Gasteiger partial charge in [-0.15, -0.1) is 0 Å². The van der Waals surface area contributed by atoms with Gasteiger partial charge in [0.25, 0.3) is 5.91 Å². The van der Waals surface area contributed by atoms with Gasteiger partial charge in [0.1, 0.15) is 0 Å². The lowest BCUT2D eigenvalue weighted by Crippen LogP contribution is -2.43. The normalized spacial score (nSPS) is 13.2. The number of nitrogens with two attached hydrogens (primary N) is 2. The summed E-state index contributed by atoms with van der Waals surface area (Å²) < 4.78 is 0. The molecule has 6 N–H and O–H groups in total. The van der Waals surface area contributed by atoms with Crippen molar-refractivity contribution in [3.8, 4) is 34.5 Å². The predicted octanol–water partition coefficient (Wildman–Crippen LogP) is 3.59. The van der Waals surface area contributed by atoms with Crippen LogP contribution in [0.25, 0.3) is 22.6 Å². The van der Waals surface area contributed by atoms with E-state index in [0.717, 1.165) is 48.6 Å². The maximum Gasteiger partial charge on any atom is 0.252 e. The molecular weight excluding hydrogens is 486 g/mol. The lowest BCUT2D eigenvalue weighted by atomic mass is 9.99. The number of nitrogens with zero attached hydrogens (tertiary/aromatic N) is 3. The molecule has 0 atom stereocenters. The molecule has 1 saturated heterocycles. The Kier molecular flexibility index (Phi) is 6.82. The quantitative estimate of drug-likeness (QED) is 0.310. The number of halogens is 1. The van der Waals surface area contributed by atoms with Crippen molar-refractivity contribution < 1.29 is 4.79 Å². The minimum absolute atomic E-state index is 0.108. The van der Waals surface area contributed by atoms with Crippen molar-refractivity contribution in [1.82, 2.24) is 20.3 Å². The van der Waals surface area contributed by atoms with E-state index in [1.54, 1.807) is 24.4 Å². The van der Waals surface area contributed by atoms with Crippen LogP contribution in [0.2, 0.25) is 5.02 Å². The van der Waals surface area contributed by atoms with E-state index in [-0.39, 0.29) is 11.5 Å². The van der Waals surface area contributed by atoms with E-state index in [1.165, 1.54) is 0 Å². The first kappa shape index (κ1) is 24.4. The van der Waals surface area contributed by atoms with E-state index in [0.29, 0.717) is 27.7 Å². The van der Waals surface area contributed by atoms with Crippen molar-refractivity contribution >= 4 is 29.1 Å². The summed E-state index contributed by atoms with van der Waals surface area (Å²) in [7, 11) is 0. The number of primary amides is 1. The minimum Gasteiger partial charge on any atom is -0.368 e. The standard InChI is InChI=1S/C28H26ClN7O/c1-17-6-8-19(29)16-21(17)26-24(27(30)37)20(25(35-26)22-10-11-33-28(31)34-22)9-7-18-4-2-3-5-23(18)36-14-12-32-13-15-36/h2-6,8,10-11,16,32,35H,12-15H2,1H3,(H2,30,37)(H2,31,33,34). The summed E-state index contributed by atoms with van der Waals surface area (Å²) in [5, 5.41) is 3.91. The molecule has 2 aromatic heterocycles. The number of aryl methyl sites for hydroxylation is 1.